The lowest BCUT2D eigenvalue weighted by atomic mass is 9.88. The van der Waals surface area contributed by atoms with Gasteiger partial charge in [0.2, 0.25) is 0 Å². The number of likely N-dealkylation sites (tertiary alicyclic amines) is 1. The first-order chi connectivity index (χ1) is 10.1. The third-order valence-electron chi connectivity index (χ3n) is 4.39. The van der Waals surface area contributed by atoms with Crippen molar-refractivity contribution in [3.8, 4) is 0 Å². The molecule has 112 valence electrons. The topological polar surface area (TPSA) is 75.5 Å². The van der Waals surface area contributed by atoms with Gasteiger partial charge in [0.1, 0.15) is 5.82 Å². The molecule has 2 aliphatic rings. The molecule has 0 radical (unpaired) electrons. The second-order valence-corrected chi connectivity index (χ2v) is 5.64. The van der Waals surface area contributed by atoms with Crippen LogP contribution in [0.3, 0.4) is 0 Å². The Bertz CT molecular complexity index is 593. The zero-order chi connectivity index (χ0) is 15.0. The predicted molar refractivity (Wildman–Crippen MR) is 73.4 cm³/mol. The molecule has 3 rings (SSSR count). The minimum Gasteiger partial charge on any atom is -0.338 e. The van der Waals surface area contributed by atoms with Gasteiger partial charge in [0.15, 0.2) is 0 Å². The Morgan fingerprint density at radius 1 is 1.38 bits per heavy atom. The largest absolute Gasteiger partial charge is 0.338 e. The average molecular weight is 293 g/mol. The van der Waals surface area contributed by atoms with Crippen LogP contribution in [-0.2, 0) is 0 Å². The van der Waals surface area contributed by atoms with E-state index in [1.807, 2.05) is 0 Å². The van der Waals surface area contributed by atoms with Crippen molar-refractivity contribution in [3.63, 3.8) is 0 Å². The maximum absolute atomic E-state index is 13.9. The molecule has 0 aliphatic carbocycles. The van der Waals surface area contributed by atoms with Crippen LogP contribution in [-0.4, -0.2) is 41.9 Å². The standard InChI is InChI=1S/C14H16FN3O3/c15-13-5-11(18(20)21)1-2-12(13)14(19)17-4-3-9-6-16-7-10(9)8-17/h1-2,5,9-10,16H,3-4,6-8H2. The summed E-state index contributed by atoms with van der Waals surface area (Å²) in [5.74, 6) is -0.201. The summed E-state index contributed by atoms with van der Waals surface area (Å²) < 4.78 is 13.9. The first-order valence-corrected chi connectivity index (χ1v) is 7.00. The first kappa shape index (κ1) is 13.9. The van der Waals surface area contributed by atoms with Gasteiger partial charge < -0.3 is 10.2 Å². The molecule has 1 aromatic carbocycles. The SMILES string of the molecule is O=C(c1ccc([N+](=O)[O-])cc1F)N1CCC2CNCC2C1. The molecule has 6 nitrogen and oxygen atoms in total. The third kappa shape index (κ3) is 2.61. The van der Waals surface area contributed by atoms with Crippen LogP contribution in [0.1, 0.15) is 16.8 Å². The van der Waals surface area contributed by atoms with Gasteiger partial charge in [-0.2, -0.15) is 0 Å². The minimum atomic E-state index is -0.833. The number of nitrogens with zero attached hydrogens (tertiary/aromatic N) is 2. The molecule has 1 aromatic rings. The van der Waals surface area contributed by atoms with E-state index < -0.39 is 10.7 Å². The molecule has 21 heavy (non-hydrogen) atoms. The number of carbonyl (C=O) groups is 1. The zero-order valence-corrected chi connectivity index (χ0v) is 11.4. The van der Waals surface area contributed by atoms with E-state index in [-0.39, 0.29) is 17.2 Å². The van der Waals surface area contributed by atoms with E-state index >= 15 is 0 Å². The van der Waals surface area contributed by atoms with Crippen molar-refractivity contribution in [1.29, 1.82) is 0 Å². The fraction of sp³-hybridized carbons (Fsp3) is 0.500. The Hall–Kier alpha value is -2.02. The molecule has 0 bridgehead atoms. The predicted octanol–water partition coefficient (Wildman–Crippen LogP) is 1.42. The van der Waals surface area contributed by atoms with Crippen molar-refractivity contribution in [2.45, 2.75) is 6.42 Å². The Balaban J connectivity index is 1.77. The molecule has 2 unspecified atom stereocenters. The average Bonchev–Trinajstić information content (AvgIpc) is 2.93. The summed E-state index contributed by atoms with van der Waals surface area (Å²) in [5, 5.41) is 13.9. The van der Waals surface area contributed by atoms with Crippen molar-refractivity contribution >= 4 is 11.6 Å². The van der Waals surface area contributed by atoms with E-state index in [9.17, 15) is 19.3 Å². The highest BCUT2D eigenvalue weighted by atomic mass is 19.1. The molecule has 2 atom stereocenters. The van der Waals surface area contributed by atoms with Crippen molar-refractivity contribution in [1.82, 2.24) is 10.2 Å². The van der Waals surface area contributed by atoms with Gasteiger partial charge in [-0.25, -0.2) is 4.39 Å². The number of non-ortho nitro benzene ring substituents is 1. The number of benzene rings is 1. The fourth-order valence-electron chi connectivity index (χ4n) is 3.18. The number of hydrogen-bond acceptors (Lipinski definition) is 4. The Labute approximate surface area is 121 Å². The van der Waals surface area contributed by atoms with Gasteiger partial charge in [-0.3, -0.25) is 14.9 Å². The molecular formula is C14H16FN3O3. The molecule has 2 saturated heterocycles. The molecule has 1 amide bonds. The van der Waals surface area contributed by atoms with E-state index in [1.54, 1.807) is 4.90 Å². The second-order valence-electron chi connectivity index (χ2n) is 5.64. The normalized spacial score (nSPS) is 24.7. The molecule has 0 aromatic heterocycles. The Morgan fingerprint density at radius 2 is 2.14 bits per heavy atom. The summed E-state index contributed by atoms with van der Waals surface area (Å²) in [6.45, 7) is 3.10. The van der Waals surface area contributed by atoms with Crippen molar-refractivity contribution in [2.24, 2.45) is 11.8 Å². The Morgan fingerprint density at radius 3 is 2.86 bits per heavy atom. The van der Waals surface area contributed by atoms with Gasteiger partial charge >= 0.3 is 0 Å². The molecule has 7 heteroatoms. The number of nitrogens with one attached hydrogen (secondary N) is 1. The maximum atomic E-state index is 13.9. The van der Waals surface area contributed by atoms with Crippen LogP contribution in [0.25, 0.3) is 0 Å². The highest BCUT2D eigenvalue weighted by Crippen LogP contribution is 2.28. The molecule has 2 fully saturated rings. The van der Waals surface area contributed by atoms with Gasteiger partial charge in [-0.15, -0.1) is 0 Å². The number of rotatable bonds is 2. The zero-order valence-electron chi connectivity index (χ0n) is 11.4. The molecule has 0 spiro atoms. The van der Waals surface area contributed by atoms with E-state index in [4.69, 9.17) is 0 Å². The third-order valence-corrected chi connectivity index (χ3v) is 4.39. The number of fused-ring (bicyclic) bond motifs is 1. The van der Waals surface area contributed by atoms with Gasteiger partial charge in [0.25, 0.3) is 11.6 Å². The van der Waals surface area contributed by atoms with Crippen LogP contribution in [0.2, 0.25) is 0 Å². The molecule has 2 aliphatic heterocycles. The monoisotopic (exact) mass is 293 g/mol. The van der Waals surface area contributed by atoms with Crippen LogP contribution >= 0.6 is 0 Å². The number of carbonyl (C=O) groups excluding carboxylic acids is 1. The van der Waals surface area contributed by atoms with Crippen LogP contribution < -0.4 is 5.32 Å². The van der Waals surface area contributed by atoms with Crippen LogP contribution in [0.4, 0.5) is 10.1 Å². The van der Waals surface area contributed by atoms with Crippen molar-refractivity contribution in [3.05, 3.63) is 39.7 Å². The number of hydrogen-bond donors (Lipinski definition) is 1. The summed E-state index contributed by atoms with van der Waals surface area (Å²) in [6, 6.07) is 3.17. The minimum absolute atomic E-state index is 0.0926. The van der Waals surface area contributed by atoms with E-state index in [2.05, 4.69) is 5.32 Å². The number of nitro groups is 1. The summed E-state index contributed by atoms with van der Waals surface area (Å²) in [6.07, 6.45) is 0.915. The molecule has 1 N–H and O–H groups in total. The van der Waals surface area contributed by atoms with Crippen LogP contribution in [0, 0.1) is 27.8 Å². The summed E-state index contributed by atoms with van der Waals surface area (Å²) >= 11 is 0. The van der Waals surface area contributed by atoms with Crippen LogP contribution in [0.15, 0.2) is 18.2 Å². The number of halogens is 1. The highest BCUT2D eigenvalue weighted by molar-refractivity contribution is 5.94. The second kappa shape index (κ2) is 5.40. The number of amides is 1. The summed E-state index contributed by atoms with van der Waals surface area (Å²) in [7, 11) is 0. The summed E-state index contributed by atoms with van der Waals surface area (Å²) in [4.78, 5) is 24.0. The number of nitro benzene ring substituents is 1. The van der Waals surface area contributed by atoms with E-state index in [1.165, 1.54) is 12.1 Å². The van der Waals surface area contributed by atoms with Gasteiger partial charge in [0, 0.05) is 19.2 Å². The van der Waals surface area contributed by atoms with E-state index in [0.717, 1.165) is 25.6 Å². The van der Waals surface area contributed by atoms with Crippen LogP contribution in [0.5, 0.6) is 0 Å². The number of piperidine rings is 1. The molecule has 0 saturated carbocycles. The van der Waals surface area contributed by atoms with Gasteiger partial charge in [-0.1, -0.05) is 0 Å². The lowest BCUT2D eigenvalue weighted by molar-refractivity contribution is -0.385. The van der Waals surface area contributed by atoms with Gasteiger partial charge in [0.05, 0.1) is 16.6 Å². The maximum Gasteiger partial charge on any atom is 0.272 e. The van der Waals surface area contributed by atoms with E-state index in [0.29, 0.717) is 24.9 Å². The lowest BCUT2D eigenvalue weighted by Gasteiger charge is -2.34. The first-order valence-electron chi connectivity index (χ1n) is 7.00. The fourth-order valence-corrected chi connectivity index (χ4v) is 3.18. The van der Waals surface area contributed by atoms with Crippen molar-refractivity contribution < 1.29 is 14.1 Å². The smallest absolute Gasteiger partial charge is 0.272 e. The quantitative estimate of drug-likeness (QED) is 0.661. The molecular weight excluding hydrogens is 277 g/mol. The highest BCUT2D eigenvalue weighted by Gasteiger charge is 2.35. The van der Waals surface area contributed by atoms with Gasteiger partial charge in [-0.05, 0) is 37.4 Å². The lowest BCUT2D eigenvalue weighted by Crippen LogP contribution is -2.43. The summed E-state index contributed by atoms with van der Waals surface area (Å²) in [5.41, 5.74) is -0.437. The Kier molecular flexibility index (Phi) is 3.59. The van der Waals surface area contributed by atoms with Crippen molar-refractivity contribution in [2.75, 3.05) is 26.2 Å². The molecule has 2 heterocycles.